The maximum Gasteiger partial charge on any atom is 0.0635 e. The fourth-order valence-corrected chi connectivity index (χ4v) is 1.24. The quantitative estimate of drug-likeness (QED) is 0.656. The Balaban J connectivity index is 0.000000845. The van der Waals surface area contributed by atoms with Crippen LogP contribution in [0, 0.1) is 6.07 Å². The molecule has 69 valence electrons. The van der Waals surface area contributed by atoms with Crippen molar-refractivity contribution in [3.63, 3.8) is 0 Å². The summed E-state index contributed by atoms with van der Waals surface area (Å²) in [6, 6.07) is 10.8. The molecule has 2 rings (SSSR count). The van der Waals surface area contributed by atoms with Crippen molar-refractivity contribution >= 4 is 15.9 Å². The van der Waals surface area contributed by atoms with E-state index in [1.807, 2.05) is 30.5 Å². The predicted molar refractivity (Wildman–Crippen MR) is 50.1 cm³/mol. The number of rotatable bonds is 1. The fraction of sp³-hybridized carbons (Fsp3) is 0. The molecule has 0 saturated heterocycles. The maximum atomic E-state index is 4.12. The Labute approximate surface area is 98.4 Å². The molecular formula is C9H6BrIrN2-. The van der Waals surface area contributed by atoms with Gasteiger partial charge < -0.3 is 0 Å². The third kappa shape index (κ3) is 2.50. The van der Waals surface area contributed by atoms with Gasteiger partial charge in [-0.05, 0) is 21.6 Å². The molecule has 0 aliphatic rings. The number of hydrogen-bond donors (Lipinski definition) is 0. The van der Waals surface area contributed by atoms with Crippen LogP contribution < -0.4 is 0 Å². The molecule has 2 nitrogen and oxygen atoms in total. The van der Waals surface area contributed by atoms with E-state index in [0.717, 1.165) is 10.2 Å². The fourth-order valence-electron chi connectivity index (χ4n) is 0.959. The summed E-state index contributed by atoms with van der Waals surface area (Å²) < 4.78 is 2.74. The second-order valence-corrected chi connectivity index (χ2v) is 3.27. The van der Waals surface area contributed by atoms with Crippen LogP contribution in [0.5, 0.6) is 0 Å². The first-order valence-corrected chi connectivity index (χ1v) is 4.33. The van der Waals surface area contributed by atoms with Crippen molar-refractivity contribution in [3.8, 4) is 5.69 Å². The van der Waals surface area contributed by atoms with Gasteiger partial charge in [0.2, 0.25) is 0 Å². The van der Waals surface area contributed by atoms with E-state index in [4.69, 9.17) is 0 Å². The van der Waals surface area contributed by atoms with Crippen molar-refractivity contribution in [2.75, 3.05) is 0 Å². The summed E-state index contributed by atoms with van der Waals surface area (Å²) in [6.45, 7) is 0. The molecule has 0 unspecified atom stereocenters. The van der Waals surface area contributed by atoms with E-state index in [2.05, 4.69) is 27.1 Å². The monoisotopic (exact) mass is 414 g/mol. The van der Waals surface area contributed by atoms with Crippen molar-refractivity contribution < 1.29 is 20.1 Å². The zero-order chi connectivity index (χ0) is 8.39. The van der Waals surface area contributed by atoms with E-state index >= 15 is 0 Å². The van der Waals surface area contributed by atoms with Gasteiger partial charge in [0.05, 0.1) is 10.7 Å². The zero-order valence-corrected chi connectivity index (χ0v) is 10.6. The molecule has 0 bridgehead atoms. The van der Waals surface area contributed by atoms with E-state index in [1.165, 1.54) is 0 Å². The molecule has 0 aliphatic carbocycles. The molecule has 0 amide bonds. The van der Waals surface area contributed by atoms with Gasteiger partial charge >= 0.3 is 0 Å². The van der Waals surface area contributed by atoms with Crippen LogP contribution >= 0.6 is 15.9 Å². The number of para-hydroxylation sites is 1. The van der Waals surface area contributed by atoms with E-state index in [9.17, 15) is 0 Å². The number of hydrogen-bond acceptors (Lipinski definition) is 1. The molecule has 1 radical (unpaired) electrons. The minimum absolute atomic E-state index is 0. The summed E-state index contributed by atoms with van der Waals surface area (Å²) in [5.74, 6) is 0. The van der Waals surface area contributed by atoms with Crippen LogP contribution in [0.2, 0.25) is 0 Å². The first kappa shape index (κ1) is 10.6. The Bertz CT molecular complexity index is 372. The smallest absolute Gasteiger partial charge is 0.0635 e. The second kappa shape index (κ2) is 4.70. The largest absolute Gasteiger partial charge is 0.265 e. The Morgan fingerprint density at radius 2 is 2.23 bits per heavy atom. The number of nitrogens with zero attached hydrogens (tertiary/aromatic N) is 2. The maximum absolute atomic E-state index is 4.12. The molecule has 0 saturated carbocycles. The van der Waals surface area contributed by atoms with E-state index < -0.39 is 0 Å². The van der Waals surface area contributed by atoms with Gasteiger partial charge in [-0.2, -0.15) is 29.4 Å². The van der Waals surface area contributed by atoms with E-state index in [0.29, 0.717) is 0 Å². The SMILES string of the molecule is Brc1cnn(-c2[c-]cccc2)c1.[Ir]. The van der Waals surface area contributed by atoms with Gasteiger partial charge in [0.25, 0.3) is 0 Å². The minimum atomic E-state index is 0. The van der Waals surface area contributed by atoms with Crippen LogP contribution in [-0.2, 0) is 20.1 Å². The van der Waals surface area contributed by atoms with Gasteiger partial charge in [-0.1, -0.05) is 0 Å². The summed E-state index contributed by atoms with van der Waals surface area (Å²) in [6.07, 6.45) is 3.65. The van der Waals surface area contributed by atoms with Crippen molar-refractivity contribution in [3.05, 3.63) is 47.2 Å². The molecular weight excluding hydrogens is 408 g/mol. The second-order valence-electron chi connectivity index (χ2n) is 2.35. The molecule has 1 heterocycles. The molecule has 1 aromatic heterocycles. The van der Waals surface area contributed by atoms with Gasteiger partial charge in [0, 0.05) is 26.3 Å². The molecule has 0 atom stereocenters. The average Bonchev–Trinajstić information content (AvgIpc) is 2.54. The summed E-state index contributed by atoms with van der Waals surface area (Å²) >= 11 is 3.33. The molecule has 0 spiro atoms. The molecule has 13 heavy (non-hydrogen) atoms. The Morgan fingerprint density at radius 1 is 1.38 bits per heavy atom. The van der Waals surface area contributed by atoms with Gasteiger partial charge in [0.1, 0.15) is 0 Å². The van der Waals surface area contributed by atoms with Crippen molar-refractivity contribution in [2.45, 2.75) is 0 Å². The summed E-state index contributed by atoms with van der Waals surface area (Å²) in [7, 11) is 0. The normalized spacial score (nSPS) is 9.31. The van der Waals surface area contributed by atoms with Crippen LogP contribution in [0.4, 0.5) is 0 Å². The van der Waals surface area contributed by atoms with Crippen LogP contribution in [0.25, 0.3) is 5.69 Å². The van der Waals surface area contributed by atoms with Crippen LogP contribution in [0.3, 0.4) is 0 Å². The zero-order valence-electron chi connectivity index (χ0n) is 6.57. The van der Waals surface area contributed by atoms with E-state index in [1.54, 1.807) is 10.9 Å². The molecule has 2 aromatic rings. The van der Waals surface area contributed by atoms with Gasteiger partial charge in [-0.25, -0.2) is 0 Å². The minimum Gasteiger partial charge on any atom is -0.265 e. The number of benzene rings is 1. The number of halogens is 1. The van der Waals surface area contributed by atoms with Gasteiger partial charge in [-0.15, -0.1) is 6.07 Å². The Morgan fingerprint density at radius 3 is 2.77 bits per heavy atom. The number of aromatic nitrogens is 2. The third-order valence-electron chi connectivity index (χ3n) is 1.49. The van der Waals surface area contributed by atoms with E-state index in [-0.39, 0.29) is 20.1 Å². The topological polar surface area (TPSA) is 17.8 Å². The summed E-state index contributed by atoms with van der Waals surface area (Å²) in [5.41, 5.74) is 0.947. The Hall–Kier alpha value is -0.441. The van der Waals surface area contributed by atoms with Crippen LogP contribution in [-0.4, -0.2) is 9.78 Å². The Kier molecular flexibility index (Phi) is 3.85. The predicted octanol–water partition coefficient (Wildman–Crippen LogP) is 2.43. The van der Waals surface area contributed by atoms with Crippen LogP contribution in [0.1, 0.15) is 0 Å². The molecule has 4 heteroatoms. The van der Waals surface area contributed by atoms with Crippen molar-refractivity contribution in [1.82, 2.24) is 9.78 Å². The molecule has 1 aromatic carbocycles. The van der Waals surface area contributed by atoms with Gasteiger partial charge in [0.15, 0.2) is 0 Å². The summed E-state index contributed by atoms with van der Waals surface area (Å²) in [4.78, 5) is 0. The molecule has 0 aliphatic heterocycles. The third-order valence-corrected chi connectivity index (χ3v) is 1.90. The standard InChI is InChI=1S/C9H6BrN2.Ir/c10-8-6-11-12(7-8)9-4-2-1-3-5-9;/h1-4,6-7H;/q-1;. The first-order chi connectivity index (χ1) is 5.86. The average molecular weight is 414 g/mol. The molecule has 0 N–H and O–H groups in total. The summed E-state index contributed by atoms with van der Waals surface area (Å²) in [5, 5.41) is 4.12. The first-order valence-electron chi connectivity index (χ1n) is 3.53. The van der Waals surface area contributed by atoms with Crippen LogP contribution in [0.15, 0.2) is 41.1 Å². The molecule has 0 fully saturated rings. The van der Waals surface area contributed by atoms with Crippen molar-refractivity contribution in [2.24, 2.45) is 0 Å². The van der Waals surface area contributed by atoms with Crippen molar-refractivity contribution in [1.29, 1.82) is 0 Å². The van der Waals surface area contributed by atoms with Gasteiger partial charge in [-0.3, -0.25) is 4.68 Å².